The van der Waals surface area contributed by atoms with E-state index < -0.39 is 0 Å². The molecule has 18 heavy (non-hydrogen) atoms. The molecule has 3 heteroatoms. The molecule has 0 aliphatic carbocycles. The second-order valence-electron chi connectivity index (χ2n) is 5.18. The zero-order valence-corrected chi connectivity index (χ0v) is 11.2. The Kier molecular flexibility index (Phi) is 5.14. The van der Waals surface area contributed by atoms with Gasteiger partial charge in [0.2, 0.25) is 0 Å². The molecule has 0 aromatic heterocycles. The Morgan fingerprint density at radius 2 is 2.11 bits per heavy atom. The maximum Gasteiger partial charge on any atom is 0.123 e. The molecule has 2 nitrogen and oxygen atoms in total. The minimum Gasteiger partial charge on any atom is -0.317 e. The number of rotatable bonds is 5. The number of hydrogen-bond acceptors (Lipinski definition) is 2. The number of halogens is 1. The van der Waals surface area contributed by atoms with Gasteiger partial charge in [-0.2, -0.15) is 0 Å². The summed E-state index contributed by atoms with van der Waals surface area (Å²) >= 11 is 0. The van der Waals surface area contributed by atoms with E-state index in [1.807, 2.05) is 12.1 Å². The highest BCUT2D eigenvalue weighted by Crippen LogP contribution is 2.18. The molecule has 1 aliphatic heterocycles. The number of hydrogen-bond donors (Lipinski definition) is 1. The fourth-order valence-electron chi connectivity index (χ4n) is 2.66. The average molecular weight is 250 g/mol. The molecule has 1 heterocycles. The standard InChI is InChI=1S/C15H23FN2/c1-2-17-10-14-4-3-9-18(12-14)11-13-5-7-15(16)8-6-13/h5-8,14,17H,2-4,9-12H2,1H3. The molecule has 1 aromatic rings. The molecule has 0 bridgehead atoms. The summed E-state index contributed by atoms with van der Waals surface area (Å²) in [6.07, 6.45) is 2.60. The molecule has 1 N–H and O–H groups in total. The third-order valence-corrected chi connectivity index (χ3v) is 3.61. The highest BCUT2D eigenvalue weighted by Gasteiger charge is 2.19. The van der Waals surface area contributed by atoms with Crippen molar-refractivity contribution in [1.29, 1.82) is 0 Å². The SMILES string of the molecule is CCNCC1CCCN(Cc2ccc(F)cc2)C1. The minimum atomic E-state index is -0.151. The molecule has 100 valence electrons. The van der Waals surface area contributed by atoms with Gasteiger partial charge in [0.25, 0.3) is 0 Å². The van der Waals surface area contributed by atoms with Gasteiger partial charge in [0.05, 0.1) is 0 Å². The van der Waals surface area contributed by atoms with Gasteiger partial charge in [-0.25, -0.2) is 4.39 Å². The van der Waals surface area contributed by atoms with Crippen molar-refractivity contribution in [2.75, 3.05) is 26.2 Å². The maximum absolute atomic E-state index is 12.8. The molecular formula is C15H23FN2. The Labute approximate surface area is 109 Å². The van der Waals surface area contributed by atoms with Crippen molar-refractivity contribution in [2.45, 2.75) is 26.3 Å². The maximum atomic E-state index is 12.8. The fourth-order valence-corrected chi connectivity index (χ4v) is 2.66. The molecule has 1 unspecified atom stereocenters. The van der Waals surface area contributed by atoms with Gasteiger partial charge in [0, 0.05) is 13.1 Å². The van der Waals surface area contributed by atoms with Crippen LogP contribution in [-0.4, -0.2) is 31.1 Å². The third-order valence-electron chi connectivity index (χ3n) is 3.61. The fraction of sp³-hybridized carbons (Fsp3) is 0.600. The van der Waals surface area contributed by atoms with E-state index in [1.165, 1.54) is 24.9 Å². The quantitative estimate of drug-likeness (QED) is 0.864. The van der Waals surface area contributed by atoms with Crippen molar-refractivity contribution in [1.82, 2.24) is 10.2 Å². The smallest absolute Gasteiger partial charge is 0.123 e. The molecule has 0 spiro atoms. The molecule has 0 saturated carbocycles. The van der Waals surface area contributed by atoms with Crippen molar-refractivity contribution in [2.24, 2.45) is 5.92 Å². The normalized spacial score (nSPS) is 21.1. The van der Waals surface area contributed by atoms with Crippen LogP contribution >= 0.6 is 0 Å². The van der Waals surface area contributed by atoms with Crippen molar-refractivity contribution in [3.63, 3.8) is 0 Å². The van der Waals surface area contributed by atoms with Gasteiger partial charge < -0.3 is 5.32 Å². The molecule has 0 amide bonds. The predicted octanol–water partition coefficient (Wildman–Crippen LogP) is 2.65. The molecule has 1 aliphatic rings. The van der Waals surface area contributed by atoms with Crippen molar-refractivity contribution >= 4 is 0 Å². The third kappa shape index (κ3) is 4.07. The van der Waals surface area contributed by atoms with Gasteiger partial charge in [-0.15, -0.1) is 0 Å². The van der Waals surface area contributed by atoms with Gasteiger partial charge in [-0.05, 0) is 56.1 Å². The first kappa shape index (κ1) is 13.5. The zero-order valence-electron chi connectivity index (χ0n) is 11.2. The summed E-state index contributed by atoms with van der Waals surface area (Å²) in [4.78, 5) is 2.48. The van der Waals surface area contributed by atoms with Gasteiger partial charge in [-0.1, -0.05) is 19.1 Å². The Morgan fingerprint density at radius 3 is 2.83 bits per heavy atom. The molecule has 1 saturated heterocycles. The van der Waals surface area contributed by atoms with Crippen molar-refractivity contribution < 1.29 is 4.39 Å². The second kappa shape index (κ2) is 6.86. The van der Waals surface area contributed by atoms with Crippen LogP contribution < -0.4 is 5.32 Å². The second-order valence-corrected chi connectivity index (χ2v) is 5.18. The Balaban J connectivity index is 1.83. The molecule has 1 atom stereocenters. The van der Waals surface area contributed by atoms with E-state index in [-0.39, 0.29) is 5.82 Å². The van der Waals surface area contributed by atoms with Gasteiger partial charge >= 0.3 is 0 Å². The van der Waals surface area contributed by atoms with Gasteiger partial charge in [0.1, 0.15) is 5.82 Å². The lowest BCUT2D eigenvalue weighted by atomic mass is 9.97. The lowest BCUT2D eigenvalue weighted by Crippen LogP contribution is -2.39. The van der Waals surface area contributed by atoms with E-state index in [0.29, 0.717) is 0 Å². The number of benzene rings is 1. The lowest BCUT2D eigenvalue weighted by molar-refractivity contribution is 0.166. The first-order valence-corrected chi connectivity index (χ1v) is 6.95. The summed E-state index contributed by atoms with van der Waals surface area (Å²) in [5.74, 6) is 0.613. The number of nitrogens with zero attached hydrogens (tertiary/aromatic N) is 1. The van der Waals surface area contributed by atoms with Crippen LogP contribution in [0, 0.1) is 11.7 Å². The van der Waals surface area contributed by atoms with Crippen molar-refractivity contribution in [3.05, 3.63) is 35.6 Å². The van der Waals surface area contributed by atoms with E-state index in [4.69, 9.17) is 0 Å². The first-order valence-electron chi connectivity index (χ1n) is 6.95. The molecule has 2 rings (SSSR count). The first-order chi connectivity index (χ1) is 8.78. The largest absolute Gasteiger partial charge is 0.317 e. The Bertz CT molecular complexity index is 350. The predicted molar refractivity (Wildman–Crippen MR) is 72.9 cm³/mol. The summed E-state index contributed by atoms with van der Waals surface area (Å²) in [6.45, 7) is 7.59. The van der Waals surface area contributed by atoms with E-state index in [9.17, 15) is 4.39 Å². The van der Waals surface area contributed by atoms with E-state index in [2.05, 4.69) is 17.1 Å². The van der Waals surface area contributed by atoms with Gasteiger partial charge in [0.15, 0.2) is 0 Å². The molecule has 1 aromatic carbocycles. The summed E-state index contributed by atoms with van der Waals surface area (Å²) in [6, 6.07) is 6.89. The van der Waals surface area contributed by atoms with Crippen LogP contribution in [0.3, 0.4) is 0 Å². The highest BCUT2D eigenvalue weighted by molar-refractivity contribution is 5.15. The van der Waals surface area contributed by atoms with Crippen molar-refractivity contribution in [3.8, 4) is 0 Å². The lowest BCUT2D eigenvalue weighted by Gasteiger charge is -2.32. The topological polar surface area (TPSA) is 15.3 Å². The van der Waals surface area contributed by atoms with E-state index >= 15 is 0 Å². The monoisotopic (exact) mass is 250 g/mol. The Hall–Kier alpha value is -0.930. The molecule has 0 radical (unpaired) electrons. The van der Waals surface area contributed by atoms with Gasteiger partial charge in [-0.3, -0.25) is 4.90 Å². The van der Waals surface area contributed by atoms with Crippen LogP contribution in [0.2, 0.25) is 0 Å². The summed E-state index contributed by atoms with van der Waals surface area (Å²) in [5, 5.41) is 3.43. The number of likely N-dealkylation sites (tertiary alicyclic amines) is 1. The average Bonchev–Trinajstić information content (AvgIpc) is 2.40. The van der Waals surface area contributed by atoms with Crippen LogP contribution in [0.4, 0.5) is 4.39 Å². The van der Waals surface area contributed by atoms with Crippen LogP contribution in [0.5, 0.6) is 0 Å². The van der Waals surface area contributed by atoms with Crippen LogP contribution in [-0.2, 0) is 6.54 Å². The summed E-state index contributed by atoms with van der Waals surface area (Å²) < 4.78 is 12.8. The minimum absolute atomic E-state index is 0.151. The Morgan fingerprint density at radius 1 is 1.33 bits per heavy atom. The number of piperidine rings is 1. The molecule has 1 fully saturated rings. The van der Waals surface area contributed by atoms with Crippen LogP contribution in [0.15, 0.2) is 24.3 Å². The van der Waals surface area contributed by atoms with Crippen LogP contribution in [0.25, 0.3) is 0 Å². The summed E-state index contributed by atoms with van der Waals surface area (Å²) in [5.41, 5.74) is 1.21. The van der Waals surface area contributed by atoms with E-state index in [0.717, 1.165) is 32.1 Å². The molecular weight excluding hydrogens is 227 g/mol. The number of nitrogens with one attached hydrogen (secondary N) is 1. The zero-order chi connectivity index (χ0) is 12.8. The van der Waals surface area contributed by atoms with Crippen LogP contribution in [0.1, 0.15) is 25.3 Å². The highest BCUT2D eigenvalue weighted by atomic mass is 19.1. The van der Waals surface area contributed by atoms with E-state index in [1.54, 1.807) is 12.1 Å². The summed E-state index contributed by atoms with van der Waals surface area (Å²) in [7, 11) is 0.